The van der Waals surface area contributed by atoms with Crippen molar-refractivity contribution in [1.29, 1.82) is 0 Å². The fraction of sp³-hybridized carbons (Fsp3) is 1.00. The Balaban J connectivity index is -0.0000000507. The second kappa shape index (κ2) is 94.7. The van der Waals surface area contributed by atoms with E-state index >= 15 is 0 Å². The van der Waals surface area contributed by atoms with E-state index in [9.17, 15) is 0 Å². The highest BCUT2D eigenvalue weighted by Crippen LogP contribution is 2.23. The molecule has 1 fully saturated rings. The van der Waals surface area contributed by atoms with Crippen molar-refractivity contribution in [1.82, 2.24) is 0 Å². The van der Waals surface area contributed by atoms with E-state index in [1.165, 1.54) is 148 Å². The van der Waals surface area contributed by atoms with Crippen molar-refractivity contribution >= 4 is 0 Å². The molecule has 520 valence electrons. The first-order valence-corrected chi connectivity index (χ1v) is 37.3. The molecule has 0 N–H and O–H groups in total. The molecule has 0 heterocycles. The van der Waals surface area contributed by atoms with Crippen molar-refractivity contribution in [3.63, 3.8) is 0 Å². The summed E-state index contributed by atoms with van der Waals surface area (Å²) in [5.41, 5.74) is 1.58. The van der Waals surface area contributed by atoms with E-state index in [0.29, 0.717) is 16.2 Å². The molecule has 0 aromatic heterocycles. The standard InChI is InChI=1S/5C7H16.C6H12.3C6H14.2C5H12.2C4H10.C3H8.C2H6/c1-6(2)5-7(3)4;1-5-7(4)6(2)3;1-4-5-6-7(2)3;2*1-4-6-7(3)5-2;1-6-4-2-3-5-6;2*1-5-6(2,3)4;1-4-6(3)5-2;1-5(2,3)4;1-4-5(2)3;1-4(2)3;1-3-4-2;1-3-2;1-2/h2*6-7H,5H2,1-4H3;3*7H,4-6H2,1-3H3;6H,2-5H2,1H3;2*5H2,1-4H3;6H,4-5H2,1-3H3;1-4H3;5H,4H2,1-3H3;4H,1-3H3;3-4H2,1-2H3;3H2,1-2H3;1-2H3/t;7-;;7-;;;;;;;;;;;/m.0.1.........../s1. The van der Waals surface area contributed by atoms with Gasteiger partial charge in [0.1, 0.15) is 0 Å². The minimum Gasteiger partial charge on any atom is -0.0683 e. The molecule has 0 aromatic rings. The van der Waals surface area contributed by atoms with Crippen molar-refractivity contribution in [3.8, 4) is 0 Å². The zero-order chi connectivity index (χ0) is 69.1. The fourth-order valence-corrected chi connectivity index (χ4v) is 4.84. The summed E-state index contributed by atoms with van der Waals surface area (Å²) < 4.78 is 0. The Hall–Kier alpha value is 0. The molecule has 0 aliphatic heterocycles. The van der Waals surface area contributed by atoms with Gasteiger partial charge in [-0.2, -0.15) is 0 Å². The van der Waals surface area contributed by atoms with Crippen LogP contribution in [0.3, 0.4) is 0 Å². The summed E-state index contributed by atoms with van der Waals surface area (Å²) in [6.45, 7) is 100.0. The molecule has 0 radical (unpaired) electrons. The summed E-state index contributed by atoms with van der Waals surface area (Å²) in [7, 11) is 0. The second-order valence-electron chi connectivity index (χ2n) is 31.2. The summed E-state index contributed by atoms with van der Waals surface area (Å²) in [5, 5.41) is 0. The van der Waals surface area contributed by atoms with Crippen molar-refractivity contribution in [2.75, 3.05) is 0 Å². The van der Waals surface area contributed by atoms with Gasteiger partial charge in [0.25, 0.3) is 0 Å². The molecular formula is C82H192. The Labute approximate surface area is 537 Å². The first kappa shape index (κ1) is 116. The molecule has 1 unspecified atom stereocenters. The number of hydrogen-bond donors (Lipinski definition) is 0. The minimum atomic E-state index is 0.500. The van der Waals surface area contributed by atoms with Gasteiger partial charge in [-0.25, -0.2) is 0 Å². The lowest BCUT2D eigenvalue weighted by Crippen LogP contribution is -2.00. The molecule has 0 spiro atoms. The van der Waals surface area contributed by atoms with Gasteiger partial charge in [0.15, 0.2) is 0 Å². The monoisotopic (exact) mass is 1180 g/mol. The summed E-state index contributed by atoms with van der Waals surface area (Å²) in [5.74, 6) is 10.0. The van der Waals surface area contributed by atoms with Crippen LogP contribution in [0.25, 0.3) is 0 Å². The van der Waals surface area contributed by atoms with Crippen molar-refractivity contribution in [3.05, 3.63) is 0 Å². The van der Waals surface area contributed by atoms with Gasteiger partial charge in [0.05, 0.1) is 0 Å². The molecule has 3 atom stereocenters. The summed E-state index contributed by atoms with van der Waals surface area (Å²) >= 11 is 0. The van der Waals surface area contributed by atoms with Crippen LogP contribution < -0.4 is 0 Å². The Bertz CT molecular complexity index is 826. The van der Waals surface area contributed by atoms with Crippen molar-refractivity contribution in [2.24, 2.45) is 81.3 Å². The summed E-state index contributed by atoms with van der Waals surface area (Å²) in [6, 6.07) is 0. The quantitative estimate of drug-likeness (QED) is 0.136. The van der Waals surface area contributed by atoms with E-state index < -0.39 is 0 Å². The lowest BCUT2D eigenvalue weighted by Gasteiger charge is -2.12. The van der Waals surface area contributed by atoms with E-state index in [2.05, 4.69) is 298 Å². The van der Waals surface area contributed by atoms with Crippen LogP contribution in [-0.4, -0.2) is 0 Å². The van der Waals surface area contributed by atoms with Crippen LogP contribution in [0.5, 0.6) is 0 Å². The predicted octanol–water partition coefficient (Wildman–Crippen LogP) is 33.4. The molecule has 1 saturated carbocycles. The molecule has 1 rings (SSSR count). The van der Waals surface area contributed by atoms with Crippen LogP contribution in [0.1, 0.15) is 459 Å². The van der Waals surface area contributed by atoms with Crippen molar-refractivity contribution in [2.45, 2.75) is 459 Å². The summed E-state index contributed by atoms with van der Waals surface area (Å²) in [6.07, 6.45) is 31.3. The van der Waals surface area contributed by atoms with E-state index in [1.807, 2.05) is 13.8 Å². The molecule has 0 amide bonds. The third kappa shape index (κ3) is 258. The van der Waals surface area contributed by atoms with Gasteiger partial charge in [-0.05, 0) is 87.8 Å². The molecule has 1 aliphatic carbocycles. The maximum Gasteiger partial charge on any atom is -0.0385 e. The van der Waals surface area contributed by atoms with E-state index in [0.717, 1.165) is 65.1 Å². The summed E-state index contributed by atoms with van der Waals surface area (Å²) in [4.78, 5) is 0. The molecule has 0 nitrogen and oxygen atoms in total. The SMILES string of the molecule is CC.CC(C)(C)C.CC(C)C.CC(C)CC(C)C.CC1CCCC1.CCC.CCC(C)(C)C.CCC(C)(C)C.CCC(C)C.CCC(C)CC.CCCC.CCCC(C)CC.CCCCC(C)C.CCC[C@H](C)CC.CC[C@H](C)C(C)C. The smallest absolute Gasteiger partial charge is 0.0385 e. The van der Waals surface area contributed by atoms with E-state index in [-0.39, 0.29) is 0 Å². The molecular weight excluding hydrogens is 985 g/mol. The first-order chi connectivity index (χ1) is 37.3. The van der Waals surface area contributed by atoms with Gasteiger partial charge in [-0.15, -0.1) is 0 Å². The normalized spacial score (nSPS) is 12.3. The second-order valence-corrected chi connectivity index (χ2v) is 31.2. The van der Waals surface area contributed by atoms with E-state index in [1.54, 1.807) is 0 Å². The number of unbranched alkanes of at least 4 members (excludes halogenated alkanes) is 2. The Morgan fingerprint density at radius 1 is 0.341 bits per heavy atom. The minimum absolute atomic E-state index is 0.500. The molecule has 0 heteroatoms. The highest BCUT2D eigenvalue weighted by atomic mass is 14.1. The van der Waals surface area contributed by atoms with Gasteiger partial charge in [-0.1, -0.05) is 453 Å². The van der Waals surface area contributed by atoms with Crippen LogP contribution in [-0.2, 0) is 0 Å². The average Bonchev–Trinajstić information content (AvgIpc) is 3.86. The number of hydrogen-bond acceptors (Lipinski definition) is 0. The molecule has 0 saturated heterocycles. The zero-order valence-corrected chi connectivity index (χ0v) is 69.1. The molecule has 0 bridgehead atoms. The average molecular weight is 1180 g/mol. The van der Waals surface area contributed by atoms with Gasteiger partial charge < -0.3 is 0 Å². The lowest BCUT2D eigenvalue weighted by atomic mass is 9.94. The van der Waals surface area contributed by atoms with Crippen LogP contribution in [0.4, 0.5) is 0 Å². The van der Waals surface area contributed by atoms with Gasteiger partial charge in [0, 0.05) is 0 Å². The van der Waals surface area contributed by atoms with Crippen LogP contribution in [0.15, 0.2) is 0 Å². The third-order valence-corrected chi connectivity index (χ3v) is 13.3. The van der Waals surface area contributed by atoms with Crippen LogP contribution in [0, 0.1) is 81.3 Å². The van der Waals surface area contributed by atoms with Gasteiger partial charge >= 0.3 is 0 Å². The predicted molar refractivity (Wildman–Crippen MR) is 407 cm³/mol. The van der Waals surface area contributed by atoms with Crippen LogP contribution >= 0.6 is 0 Å². The lowest BCUT2D eigenvalue weighted by molar-refractivity contribution is 0.397. The first-order valence-electron chi connectivity index (χ1n) is 37.3. The highest BCUT2D eigenvalue weighted by molar-refractivity contribution is 4.61. The van der Waals surface area contributed by atoms with Gasteiger partial charge in [0.2, 0.25) is 0 Å². The number of rotatable bonds is 17. The topological polar surface area (TPSA) is 0 Å². The third-order valence-electron chi connectivity index (χ3n) is 13.3. The fourth-order valence-electron chi connectivity index (χ4n) is 4.84. The highest BCUT2D eigenvalue weighted by Gasteiger charge is 2.07. The zero-order valence-electron chi connectivity index (χ0n) is 69.1. The van der Waals surface area contributed by atoms with Crippen molar-refractivity contribution < 1.29 is 0 Å². The maximum absolute atomic E-state index is 2.34. The van der Waals surface area contributed by atoms with Crippen LogP contribution in [0.2, 0.25) is 0 Å². The maximum atomic E-state index is 2.34. The Morgan fingerprint density at radius 3 is 0.622 bits per heavy atom. The van der Waals surface area contributed by atoms with E-state index in [4.69, 9.17) is 0 Å². The molecule has 0 aromatic carbocycles. The Kier molecular flexibility index (Phi) is 134. The van der Waals surface area contributed by atoms with Gasteiger partial charge in [-0.3, -0.25) is 0 Å². The molecule has 82 heavy (non-hydrogen) atoms. The Morgan fingerprint density at radius 2 is 0.585 bits per heavy atom. The molecule has 1 aliphatic rings. The largest absolute Gasteiger partial charge is 0.0683 e.